The highest BCUT2D eigenvalue weighted by Gasteiger charge is 2.30. The molecular formula is C29H25F2NO3S. The smallest absolute Gasteiger partial charge is 0.262 e. The second-order valence-corrected chi connectivity index (χ2v) is 10.3. The van der Waals surface area contributed by atoms with Crippen LogP contribution in [0.3, 0.4) is 0 Å². The summed E-state index contributed by atoms with van der Waals surface area (Å²) in [5.41, 5.74) is 3.17. The molecule has 0 bridgehead atoms. The lowest BCUT2D eigenvalue weighted by atomic mass is 9.88. The van der Waals surface area contributed by atoms with Crippen molar-refractivity contribution in [2.24, 2.45) is 0 Å². The van der Waals surface area contributed by atoms with E-state index >= 15 is 0 Å². The molecule has 184 valence electrons. The van der Waals surface area contributed by atoms with Gasteiger partial charge in [0.15, 0.2) is 0 Å². The Morgan fingerprint density at radius 3 is 2.50 bits per heavy atom. The highest BCUT2D eigenvalue weighted by Crippen LogP contribution is 2.44. The molecule has 1 N–H and O–H groups in total. The van der Waals surface area contributed by atoms with E-state index in [9.17, 15) is 13.6 Å². The molecule has 0 spiro atoms. The van der Waals surface area contributed by atoms with E-state index in [0.717, 1.165) is 51.4 Å². The van der Waals surface area contributed by atoms with E-state index < -0.39 is 11.6 Å². The summed E-state index contributed by atoms with van der Waals surface area (Å²) < 4.78 is 40.4. The number of fused-ring (bicyclic) bond motifs is 2. The summed E-state index contributed by atoms with van der Waals surface area (Å²) >= 11 is 1.40. The molecule has 7 heteroatoms. The molecule has 1 aromatic heterocycles. The van der Waals surface area contributed by atoms with Gasteiger partial charge in [-0.15, -0.1) is 11.3 Å². The molecule has 1 amide bonds. The number of carbonyl (C=O) groups excluding carboxylic acids is 1. The Morgan fingerprint density at radius 2 is 1.69 bits per heavy atom. The average Bonchev–Trinajstić information content (AvgIpc) is 3.29. The summed E-state index contributed by atoms with van der Waals surface area (Å²) in [6.07, 6.45) is 2.34. The number of rotatable bonds is 4. The predicted molar refractivity (Wildman–Crippen MR) is 137 cm³/mol. The van der Waals surface area contributed by atoms with Gasteiger partial charge in [0.2, 0.25) is 0 Å². The van der Waals surface area contributed by atoms with Gasteiger partial charge in [-0.1, -0.05) is 36.4 Å². The number of ether oxygens (including phenoxy) is 2. The molecule has 6 rings (SSSR count). The fourth-order valence-corrected chi connectivity index (χ4v) is 6.68. The standard InChI is InChI=1S/C29H25F2NO3S/c30-19-14-18(15-20(31)16-19)21-5-3-6-23-26(17-8-11-34-12-9-17)28(36-27(21)23)29(33)32-24-10-13-35-25-7-2-1-4-22(24)25/h1-7,14-17,24H,8-13H2,(H,32,33)/t24-/m0/s1. The molecule has 0 aliphatic carbocycles. The second-order valence-electron chi connectivity index (χ2n) is 9.27. The lowest BCUT2D eigenvalue weighted by Crippen LogP contribution is -2.32. The zero-order valence-corrected chi connectivity index (χ0v) is 20.4. The molecule has 0 radical (unpaired) electrons. The van der Waals surface area contributed by atoms with Crippen LogP contribution in [0, 0.1) is 11.6 Å². The fraction of sp³-hybridized carbons (Fsp3) is 0.276. The van der Waals surface area contributed by atoms with Gasteiger partial charge in [0, 0.05) is 36.0 Å². The number of para-hydroxylation sites is 1. The molecule has 1 saturated heterocycles. The van der Waals surface area contributed by atoms with Crippen molar-refractivity contribution < 1.29 is 23.0 Å². The average molecular weight is 506 g/mol. The third-order valence-electron chi connectivity index (χ3n) is 7.03. The van der Waals surface area contributed by atoms with Gasteiger partial charge in [-0.25, -0.2) is 8.78 Å². The van der Waals surface area contributed by atoms with Gasteiger partial charge in [0.1, 0.15) is 17.4 Å². The topological polar surface area (TPSA) is 47.6 Å². The Hall–Kier alpha value is -3.29. The normalized spacial score (nSPS) is 18.0. The van der Waals surface area contributed by atoms with Gasteiger partial charge in [0.05, 0.1) is 17.5 Å². The van der Waals surface area contributed by atoms with E-state index in [1.54, 1.807) is 0 Å². The number of halogens is 2. The Labute approximate surface area is 211 Å². The molecule has 4 aromatic rings. The van der Waals surface area contributed by atoms with E-state index in [0.29, 0.717) is 36.7 Å². The third kappa shape index (κ3) is 4.27. The van der Waals surface area contributed by atoms with Crippen molar-refractivity contribution in [3.63, 3.8) is 0 Å². The van der Waals surface area contributed by atoms with Crippen molar-refractivity contribution in [1.29, 1.82) is 0 Å². The van der Waals surface area contributed by atoms with E-state index in [4.69, 9.17) is 9.47 Å². The number of thiophene rings is 1. The van der Waals surface area contributed by atoms with Crippen molar-refractivity contribution in [2.75, 3.05) is 19.8 Å². The van der Waals surface area contributed by atoms with Crippen LogP contribution in [0.5, 0.6) is 5.75 Å². The van der Waals surface area contributed by atoms with Crippen molar-refractivity contribution in [1.82, 2.24) is 5.32 Å². The first-order valence-corrected chi connectivity index (χ1v) is 13.0. The first kappa shape index (κ1) is 23.1. The van der Waals surface area contributed by atoms with Crippen molar-refractivity contribution >= 4 is 27.3 Å². The Balaban J connectivity index is 1.45. The van der Waals surface area contributed by atoms with Gasteiger partial charge >= 0.3 is 0 Å². The van der Waals surface area contributed by atoms with Crippen molar-refractivity contribution in [2.45, 2.75) is 31.2 Å². The quantitative estimate of drug-likeness (QED) is 0.325. The Morgan fingerprint density at radius 1 is 0.917 bits per heavy atom. The zero-order chi connectivity index (χ0) is 24.6. The molecule has 1 fully saturated rings. The van der Waals surface area contributed by atoms with Crippen LogP contribution in [0.15, 0.2) is 60.7 Å². The van der Waals surface area contributed by atoms with E-state index in [1.165, 1.54) is 23.5 Å². The molecule has 0 unspecified atom stereocenters. The van der Waals surface area contributed by atoms with Crippen LogP contribution in [0.4, 0.5) is 8.78 Å². The molecule has 1 atom stereocenters. The minimum atomic E-state index is -0.626. The van der Waals surface area contributed by atoms with E-state index in [1.807, 2.05) is 42.5 Å². The van der Waals surface area contributed by atoms with Crippen molar-refractivity contribution in [3.05, 3.63) is 88.3 Å². The summed E-state index contributed by atoms with van der Waals surface area (Å²) in [5, 5.41) is 4.21. The van der Waals surface area contributed by atoms with Crippen LogP contribution in [0.25, 0.3) is 21.2 Å². The maximum atomic E-state index is 14.1. The summed E-state index contributed by atoms with van der Waals surface area (Å²) in [5.74, 6) is -0.408. The number of carbonyl (C=O) groups is 1. The Kier molecular flexibility index (Phi) is 6.19. The van der Waals surface area contributed by atoms with Crippen LogP contribution in [0.2, 0.25) is 0 Å². The minimum absolute atomic E-state index is 0.129. The fourth-order valence-electron chi connectivity index (χ4n) is 5.35. The maximum absolute atomic E-state index is 14.1. The summed E-state index contributed by atoms with van der Waals surface area (Å²) in [6, 6.07) is 16.9. The zero-order valence-electron chi connectivity index (χ0n) is 19.6. The molecular weight excluding hydrogens is 480 g/mol. The van der Waals surface area contributed by atoms with Crippen LogP contribution in [-0.2, 0) is 4.74 Å². The van der Waals surface area contributed by atoms with Gasteiger partial charge in [-0.05, 0) is 59.0 Å². The van der Waals surface area contributed by atoms with Crippen molar-refractivity contribution in [3.8, 4) is 16.9 Å². The van der Waals surface area contributed by atoms with Crippen LogP contribution in [-0.4, -0.2) is 25.7 Å². The maximum Gasteiger partial charge on any atom is 0.262 e. The number of hydrogen-bond donors (Lipinski definition) is 1. The van der Waals surface area contributed by atoms with Gasteiger partial charge in [-0.2, -0.15) is 0 Å². The lowest BCUT2D eigenvalue weighted by molar-refractivity contribution is 0.0842. The van der Waals surface area contributed by atoms with Gasteiger partial charge < -0.3 is 14.8 Å². The largest absolute Gasteiger partial charge is 0.493 e. The minimum Gasteiger partial charge on any atom is -0.493 e. The molecule has 3 aromatic carbocycles. The molecule has 2 aliphatic rings. The molecule has 3 heterocycles. The van der Waals surface area contributed by atoms with Crippen LogP contribution < -0.4 is 10.1 Å². The van der Waals surface area contributed by atoms with E-state index in [-0.39, 0.29) is 17.9 Å². The summed E-state index contributed by atoms with van der Waals surface area (Å²) in [4.78, 5) is 14.5. The molecule has 2 aliphatic heterocycles. The SMILES string of the molecule is O=C(N[C@H]1CCOc2ccccc21)c1sc2c(-c3cc(F)cc(F)c3)cccc2c1C1CCOCC1. The first-order chi connectivity index (χ1) is 17.6. The third-order valence-corrected chi connectivity index (χ3v) is 8.28. The predicted octanol–water partition coefficient (Wildman–Crippen LogP) is 6.99. The second kappa shape index (κ2) is 9.64. The number of benzene rings is 3. The van der Waals surface area contributed by atoms with Gasteiger partial charge in [0.25, 0.3) is 5.91 Å². The van der Waals surface area contributed by atoms with Gasteiger partial charge in [-0.3, -0.25) is 4.79 Å². The highest BCUT2D eigenvalue weighted by atomic mass is 32.1. The van der Waals surface area contributed by atoms with Crippen LogP contribution >= 0.6 is 11.3 Å². The highest BCUT2D eigenvalue weighted by molar-refractivity contribution is 7.21. The number of nitrogens with one attached hydrogen (secondary N) is 1. The molecule has 36 heavy (non-hydrogen) atoms. The molecule has 0 saturated carbocycles. The van der Waals surface area contributed by atoms with E-state index in [2.05, 4.69) is 5.32 Å². The number of amides is 1. The Bertz CT molecular complexity index is 1420. The lowest BCUT2D eigenvalue weighted by Gasteiger charge is -2.27. The summed E-state index contributed by atoms with van der Waals surface area (Å²) in [7, 11) is 0. The van der Waals surface area contributed by atoms with Crippen LogP contribution in [0.1, 0.15) is 52.0 Å². The first-order valence-electron chi connectivity index (χ1n) is 12.2. The summed E-state index contributed by atoms with van der Waals surface area (Å²) in [6.45, 7) is 1.83. The molecule has 4 nitrogen and oxygen atoms in total. The number of hydrogen-bond acceptors (Lipinski definition) is 4. The monoisotopic (exact) mass is 505 g/mol.